The first-order chi connectivity index (χ1) is 8.52. The molecule has 0 amide bonds. The number of carbonyl (C=O) groups excluding carboxylic acids is 1. The summed E-state index contributed by atoms with van der Waals surface area (Å²) in [6, 6.07) is 4.77. The van der Waals surface area contributed by atoms with Gasteiger partial charge >= 0.3 is 5.97 Å². The Balaban J connectivity index is 2.37. The first-order valence-electron chi connectivity index (χ1n) is 5.72. The summed E-state index contributed by atoms with van der Waals surface area (Å²) in [6.07, 6.45) is 1.12. The first-order valence-corrected chi connectivity index (χ1v) is 6.10. The van der Waals surface area contributed by atoms with Crippen LogP contribution >= 0.6 is 11.6 Å². The Morgan fingerprint density at radius 1 is 1.50 bits per heavy atom. The fourth-order valence-corrected chi connectivity index (χ4v) is 1.74. The van der Waals surface area contributed by atoms with E-state index in [4.69, 9.17) is 11.6 Å². The molecule has 0 unspecified atom stereocenters. The lowest BCUT2D eigenvalue weighted by molar-refractivity contribution is -0.140. The molecule has 100 valence electrons. The third kappa shape index (κ3) is 5.02. The van der Waals surface area contributed by atoms with Crippen LogP contribution in [0.15, 0.2) is 18.2 Å². The number of halogens is 2. The number of benzene rings is 1. The van der Waals surface area contributed by atoms with E-state index in [2.05, 4.69) is 4.74 Å². The lowest BCUT2D eigenvalue weighted by Crippen LogP contribution is -2.20. The molecule has 0 aliphatic rings. The van der Waals surface area contributed by atoms with Gasteiger partial charge in [-0.3, -0.25) is 4.79 Å². The highest BCUT2D eigenvalue weighted by Gasteiger charge is 2.06. The largest absolute Gasteiger partial charge is 0.469 e. The zero-order valence-electron chi connectivity index (χ0n) is 10.6. The molecule has 0 bridgehead atoms. The predicted octanol–water partition coefficient (Wildman–Crippen LogP) is 2.86. The average Bonchev–Trinajstić information content (AvgIpc) is 2.33. The smallest absolute Gasteiger partial charge is 0.305 e. The summed E-state index contributed by atoms with van der Waals surface area (Å²) in [6.45, 7) is 1.37. The summed E-state index contributed by atoms with van der Waals surface area (Å²) in [7, 11) is 3.30. The Labute approximate surface area is 111 Å². The fourth-order valence-electron chi connectivity index (χ4n) is 1.62. The van der Waals surface area contributed by atoms with Crippen LogP contribution in [-0.2, 0) is 16.1 Å². The maximum absolute atomic E-state index is 13.2. The van der Waals surface area contributed by atoms with Crippen molar-refractivity contribution in [2.45, 2.75) is 19.4 Å². The number of hydrogen-bond acceptors (Lipinski definition) is 3. The van der Waals surface area contributed by atoms with Crippen LogP contribution in [0.5, 0.6) is 0 Å². The van der Waals surface area contributed by atoms with E-state index in [1.54, 1.807) is 12.1 Å². The van der Waals surface area contributed by atoms with Gasteiger partial charge in [-0.2, -0.15) is 0 Å². The fraction of sp³-hybridized carbons (Fsp3) is 0.462. The molecule has 1 aromatic carbocycles. The molecule has 0 spiro atoms. The average molecular weight is 274 g/mol. The topological polar surface area (TPSA) is 29.5 Å². The van der Waals surface area contributed by atoms with Crippen molar-refractivity contribution in [1.29, 1.82) is 0 Å². The zero-order valence-corrected chi connectivity index (χ0v) is 11.3. The number of ether oxygens (including phenoxy) is 1. The van der Waals surface area contributed by atoms with Gasteiger partial charge in [0.1, 0.15) is 5.82 Å². The molecule has 0 radical (unpaired) electrons. The molecule has 0 saturated carbocycles. The molecule has 1 aromatic rings. The van der Waals surface area contributed by atoms with Gasteiger partial charge < -0.3 is 9.64 Å². The Kier molecular flexibility index (Phi) is 6.09. The van der Waals surface area contributed by atoms with Crippen LogP contribution in [0.3, 0.4) is 0 Å². The zero-order chi connectivity index (χ0) is 13.5. The second kappa shape index (κ2) is 7.34. The van der Waals surface area contributed by atoms with Gasteiger partial charge in [-0.25, -0.2) is 4.39 Å². The van der Waals surface area contributed by atoms with Crippen LogP contribution in [0, 0.1) is 5.82 Å². The Bertz CT molecular complexity index is 412. The van der Waals surface area contributed by atoms with Gasteiger partial charge in [0.2, 0.25) is 0 Å². The SMILES string of the molecule is COC(=O)CCCN(C)Cc1ccc(Cl)c(F)c1. The van der Waals surface area contributed by atoms with E-state index in [1.807, 2.05) is 11.9 Å². The highest BCUT2D eigenvalue weighted by molar-refractivity contribution is 6.30. The number of methoxy groups -OCH3 is 1. The molecule has 3 nitrogen and oxygen atoms in total. The summed E-state index contributed by atoms with van der Waals surface area (Å²) in [4.78, 5) is 12.9. The van der Waals surface area contributed by atoms with Crippen molar-refractivity contribution in [3.8, 4) is 0 Å². The summed E-state index contributed by atoms with van der Waals surface area (Å²) >= 11 is 5.61. The summed E-state index contributed by atoms with van der Waals surface area (Å²) in [5.41, 5.74) is 0.859. The number of esters is 1. The van der Waals surface area contributed by atoms with Crippen molar-refractivity contribution in [1.82, 2.24) is 4.90 Å². The molecule has 0 saturated heterocycles. The monoisotopic (exact) mass is 273 g/mol. The minimum absolute atomic E-state index is 0.132. The van der Waals surface area contributed by atoms with E-state index in [-0.39, 0.29) is 11.0 Å². The van der Waals surface area contributed by atoms with Crippen LogP contribution in [0.1, 0.15) is 18.4 Å². The second-order valence-corrected chi connectivity index (χ2v) is 4.57. The molecule has 0 atom stereocenters. The summed E-state index contributed by atoms with van der Waals surface area (Å²) in [5, 5.41) is 0.132. The van der Waals surface area contributed by atoms with E-state index in [0.717, 1.165) is 18.5 Å². The van der Waals surface area contributed by atoms with E-state index in [1.165, 1.54) is 13.2 Å². The lowest BCUT2D eigenvalue weighted by atomic mass is 10.2. The Hall–Kier alpha value is -1.13. The van der Waals surface area contributed by atoms with Gasteiger partial charge in [-0.05, 0) is 37.7 Å². The van der Waals surface area contributed by atoms with E-state index in [9.17, 15) is 9.18 Å². The number of nitrogens with zero attached hydrogens (tertiary/aromatic N) is 1. The highest BCUT2D eigenvalue weighted by Crippen LogP contribution is 2.16. The van der Waals surface area contributed by atoms with Crippen molar-refractivity contribution in [3.63, 3.8) is 0 Å². The third-order valence-electron chi connectivity index (χ3n) is 2.58. The molecule has 0 heterocycles. The van der Waals surface area contributed by atoms with Gasteiger partial charge in [-0.1, -0.05) is 17.7 Å². The van der Waals surface area contributed by atoms with Gasteiger partial charge in [0.05, 0.1) is 12.1 Å². The van der Waals surface area contributed by atoms with Crippen LogP contribution in [0.2, 0.25) is 5.02 Å². The van der Waals surface area contributed by atoms with Crippen LogP contribution < -0.4 is 0 Å². The molecule has 0 aliphatic carbocycles. The first kappa shape index (κ1) is 14.9. The lowest BCUT2D eigenvalue weighted by Gasteiger charge is -2.16. The highest BCUT2D eigenvalue weighted by atomic mass is 35.5. The maximum Gasteiger partial charge on any atom is 0.305 e. The number of carbonyl (C=O) groups is 1. The number of rotatable bonds is 6. The molecule has 0 fully saturated rings. The van der Waals surface area contributed by atoms with Crippen molar-refractivity contribution >= 4 is 17.6 Å². The minimum Gasteiger partial charge on any atom is -0.469 e. The molecular weight excluding hydrogens is 257 g/mol. The Morgan fingerprint density at radius 3 is 2.83 bits per heavy atom. The summed E-state index contributed by atoms with van der Waals surface area (Å²) in [5.74, 6) is -0.613. The van der Waals surface area contributed by atoms with Gasteiger partial charge in [-0.15, -0.1) is 0 Å². The van der Waals surface area contributed by atoms with E-state index >= 15 is 0 Å². The number of hydrogen-bond donors (Lipinski definition) is 0. The van der Waals surface area contributed by atoms with Crippen LogP contribution in [0.25, 0.3) is 0 Å². The molecular formula is C13H17ClFNO2. The van der Waals surface area contributed by atoms with Crippen molar-refractivity contribution in [2.24, 2.45) is 0 Å². The molecule has 0 N–H and O–H groups in total. The predicted molar refractivity (Wildman–Crippen MR) is 69.0 cm³/mol. The van der Waals surface area contributed by atoms with Gasteiger partial charge in [0.15, 0.2) is 0 Å². The minimum atomic E-state index is -0.405. The van der Waals surface area contributed by atoms with Crippen molar-refractivity contribution in [2.75, 3.05) is 20.7 Å². The molecule has 18 heavy (non-hydrogen) atoms. The van der Waals surface area contributed by atoms with Crippen molar-refractivity contribution < 1.29 is 13.9 Å². The second-order valence-electron chi connectivity index (χ2n) is 4.17. The Morgan fingerprint density at radius 2 is 2.22 bits per heavy atom. The van der Waals surface area contributed by atoms with Crippen LogP contribution in [0.4, 0.5) is 4.39 Å². The van der Waals surface area contributed by atoms with E-state index < -0.39 is 5.82 Å². The van der Waals surface area contributed by atoms with Gasteiger partial charge in [0.25, 0.3) is 0 Å². The molecule has 0 aliphatic heterocycles. The molecule has 5 heteroatoms. The quantitative estimate of drug-likeness (QED) is 0.747. The normalized spacial score (nSPS) is 10.7. The third-order valence-corrected chi connectivity index (χ3v) is 2.89. The summed E-state index contributed by atoms with van der Waals surface area (Å²) < 4.78 is 17.8. The molecule has 0 aromatic heterocycles. The maximum atomic E-state index is 13.2. The molecule has 1 rings (SSSR count). The standard InChI is InChI=1S/C13H17ClFNO2/c1-16(7-3-4-13(17)18-2)9-10-5-6-11(14)12(15)8-10/h5-6,8H,3-4,7,9H2,1-2H3. The van der Waals surface area contributed by atoms with Gasteiger partial charge in [0, 0.05) is 13.0 Å². The van der Waals surface area contributed by atoms with Crippen molar-refractivity contribution in [3.05, 3.63) is 34.6 Å². The van der Waals surface area contributed by atoms with Crippen LogP contribution in [-0.4, -0.2) is 31.6 Å². The van der Waals surface area contributed by atoms with E-state index in [0.29, 0.717) is 13.0 Å².